The van der Waals surface area contributed by atoms with Crippen LogP contribution in [0.25, 0.3) is 0 Å². The Bertz CT molecular complexity index is 544. The molecule has 116 valence electrons. The van der Waals surface area contributed by atoms with E-state index in [-0.39, 0.29) is 25.0 Å². The molecule has 1 aromatic rings. The van der Waals surface area contributed by atoms with Crippen molar-refractivity contribution in [2.45, 2.75) is 57.5 Å². The highest BCUT2D eigenvalue weighted by Gasteiger charge is 2.54. The molecule has 2 fully saturated rings. The van der Waals surface area contributed by atoms with Crippen LogP contribution in [-0.4, -0.2) is 16.3 Å². The monoisotopic (exact) mass is 306 g/mol. The van der Waals surface area contributed by atoms with Crippen LogP contribution in [0.3, 0.4) is 0 Å². The van der Waals surface area contributed by atoms with Crippen molar-refractivity contribution in [2.75, 3.05) is 0 Å². The van der Waals surface area contributed by atoms with Crippen LogP contribution in [0.15, 0.2) is 18.2 Å². The molecule has 3 aliphatic rings. The normalized spacial score (nSPS) is 40.7. The Labute approximate surface area is 134 Å². The van der Waals surface area contributed by atoms with Crippen molar-refractivity contribution >= 4 is 13.5 Å². The summed E-state index contributed by atoms with van der Waals surface area (Å²) in [4.78, 5) is 0. The fourth-order valence-electron chi connectivity index (χ4n) is 5.54. The molecule has 3 heteroatoms. The van der Waals surface area contributed by atoms with E-state index in [0.29, 0.717) is 17.6 Å². The van der Waals surface area contributed by atoms with Crippen LogP contribution in [0.4, 0.5) is 0 Å². The second kappa shape index (κ2) is 5.20. The number of phenolic OH excluding ortho intramolecular Hbond substituents is 1. The van der Waals surface area contributed by atoms with Gasteiger partial charge in [0.05, 0.1) is 6.10 Å². The molecule has 3 aliphatic carbocycles. The van der Waals surface area contributed by atoms with E-state index in [4.69, 9.17) is 0 Å². The van der Waals surface area contributed by atoms with Crippen LogP contribution >= 0.6 is 13.5 Å². The minimum atomic E-state index is -0.0883. The van der Waals surface area contributed by atoms with Gasteiger partial charge in [0.2, 0.25) is 0 Å². The summed E-state index contributed by atoms with van der Waals surface area (Å²) in [5, 5.41) is 20.0. The molecule has 0 radical (unpaired) electrons. The summed E-state index contributed by atoms with van der Waals surface area (Å²) in [6, 6.07) is 5.96. The molecule has 2 nitrogen and oxygen atoms in total. The molecular formula is C18H26O2S. The number of aromatic hydroxyl groups is 1. The summed E-state index contributed by atoms with van der Waals surface area (Å²) >= 11 is 0. The number of phenols is 1. The largest absolute Gasteiger partial charge is 0.508 e. The molecule has 4 rings (SSSR count). The lowest BCUT2D eigenvalue weighted by Crippen LogP contribution is -2.43. The topological polar surface area (TPSA) is 40.5 Å². The predicted octanol–water partition coefficient (Wildman–Crippen LogP) is 3.72. The molecule has 0 spiro atoms. The van der Waals surface area contributed by atoms with Gasteiger partial charge in [-0.25, -0.2) is 0 Å². The molecule has 2 N–H and O–H groups in total. The zero-order valence-corrected chi connectivity index (χ0v) is 13.7. The van der Waals surface area contributed by atoms with E-state index in [1.807, 2.05) is 12.1 Å². The average molecular weight is 306 g/mol. The molecule has 0 aromatic heterocycles. The van der Waals surface area contributed by atoms with Gasteiger partial charge in [-0.3, -0.25) is 0 Å². The molecule has 21 heavy (non-hydrogen) atoms. The first kappa shape index (κ1) is 15.2. The lowest BCUT2D eigenvalue weighted by atomic mass is 9.55. The van der Waals surface area contributed by atoms with Crippen molar-refractivity contribution in [1.82, 2.24) is 0 Å². The quantitative estimate of drug-likeness (QED) is 0.767. The maximum Gasteiger partial charge on any atom is 0.115 e. The van der Waals surface area contributed by atoms with Crippen molar-refractivity contribution in [2.24, 2.45) is 17.3 Å². The van der Waals surface area contributed by atoms with Crippen molar-refractivity contribution in [1.29, 1.82) is 0 Å². The third-order valence-electron chi connectivity index (χ3n) is 6.66. The van der Waals surface area contributed by atoms with E-state index in [9.17, 15) is 10.2 Å². The third kappa shape index (κ3) is 2.12. The van der Waals surface area contributed by atoms with Gasteiger partial charge in [0, 0.05) is 0 Å². The number of aryl methyl sites for hydroxylation is 1. The molecule has 5 atom stereocenters. The Morgan fingerprint density at radius 2 is 1.95 bits per heavy atom. The van der Waals surface area contributed by atoms with Crippen LogP contribution in [0.1, 0.15) is 56.1 Å². The lowest BCUT2D eigenvalue weighted by Gasteiger charge is -2.50. The number of hydrogen-bond donors (Lipinski definition) is 2. The van der Waals surface area contributed by atoms with Crippen molar-refractivity contribution in [3.05, 3.63) is 29.3 Å². The van der Waals surface area contributed by atoms with Gasteiger partial charge in [-0.15, -0.1) is 0 Å². The van der Waals surface area contributed by atoms with Crippen LogP contribution in [0.2, 0.25) is 0 Å². The zero-order chi connectivity index (χ0) is 13.9. The molecule has 1 aromatic carbocycles. The molecule has 2 saturated carbocycles. The summed E-state index contributed by atoms with van der Waals surface area (Å²) in [5.41, 5.74) is 2.99. The van der Waals surface area contributed by atoms with Gasteiger partial charge in [-0.05, 0) is 85.0 Å². The predicted molar refractivity (Wildman–Crippen MR) is 89.1 cm³/mol. The number of aliphatic hydroxyl groups excluding tert-OH is 1. The maximum absolute atomic E-state index is 10.4. The number of fused-ring (bicyclic) bond motifs is 5. The number of benzene rings is 1. The Balaban J connectivity index is 0.00000132. The van der Waals surface area contributed by atoms with Gasteiger partial charge in [0.25, 0.3) is 0 Å². The SMILES string of the molecule is C[C@]12CC[C@@H]3c4ccc(O)cc4CC[C@H]3[C@@H]1CCC2O.S. The second-order valence-electron chi connectivity index (χ2n) is 7.44. The first-order valence-electron chi connectivity index (χ1n) is 8.09. The molecule has 0 saturated heterocycles. The fourth-order valence-corrected chi connectivity index (χ4v) is 5.54. The summed E-state index contributed by atoms with van der Waals surface area (Å²) in [7, 11) is 0. The Kier molecular flexibility index (Phi) is 3.77. The number of hydrogen-bond acceptors (Lipinski definition) is 2. The van der Waals surface area contributed by atoms with E-state index in [1.165, 1.54) is 30.4 Å². The van der Waals surface area contributed by atoms with Crippen LogP contribution in [0.5, 0.6) is 5.75 Å². The number of aliphatic hydroxyl groups is 1. The molecule has 0 aliphatic heterocycles. The van der Waals surface area contributed by atoms with Gasteiger partial charge in [0.15, 0.2) is 0 Å². The number of rotatable bonds is 0. The average Bonchev–Trinajstić information content (AvgIpc) is 2.74. The minimum Gasteiger partial charge on any atom is -0.508 e. The van der Waals surface area contributed by atoms with Crippen molar-refractivity contribution in [3.63, 3.8) is 0 Å². The minimum absolute atomic E-state index is 0. The standard InChI is InChI=1S/C18H24O2.H2S/c1-18-9-8-14-13-5-3-12(19)10-11(13)2-4-15(14)16(18)6-7-17(18)20;/h3,5,10,14-17,19-20H,2,4,6-9H2,1H3;1H2/t14-,15-,16+,17?,18+;/m1./s1. The first-order valence-corrected chi connectivity index (χ1v) is 8.09. The lowest BCUT2D eigenvalue weighted by molar-refractivity contribution is -0.0226. The highest BCUT2D eigenvalue weighted by Crippen LogP contribution is 2.60. The Morgan fingerprint density at radius 1 is 1.14 bits per heavy atom. The zero-order valence-electron chi connectivity index (χ0n) is 12.7. The van der Waals surface area contributed by atoms with E-state index < -0.39 is 0 Å². The van der Waals surface area contributed by atoms with Gasteiger partial charge in [0.1, 0.15) is 5.75 Å². The van der Waals surface area contributed by atoms with Gasteiger partial charge in [-0.2, -0.15) is 13.5 Å². The maximum atomic E-state index is 10.4. The van der Waals surface area contributed by atoms with Crippen molar-refractivity contribution in [3.8, 4) is 5.75 Å². The highest BCUT2D eigenvalue weighted by molar-refractivity contribution is 7.59. The highest BCUT2D eigenvalue weighted by atomic mass is 32.1. The Hall–Kier alpha value is -0.670. The van der Waals surface area contributed by atoms with Gasteiger partial charge in [-0.1, -0.05) is 13.0 Å². The van der Waals surface area contributed by atoms with Crippen LogP contribution < -0.4 is 0 Å². The van der Waals surface area contributed by atoms with E-state index >= 15 is 0 Å². The van der Waals surface area contributed by atoms with Gasteiger partial charge < -0.3 is 10.2 Å². The molecule has 0 bridgehead atoms. The molecule has 1 unspecified atom stereocenters. The van der Waals surface area contributed by atoms with Gasteiger partial charge >= 0.3 is 0 Å². The first-order chi connectivity index (χ1) is 9.59. The molecular weight excluding hydrogens is 280 g/mol. The smallest absolute Gasteiger partial charge is 0.115 e. The summed E-state index contributed by atoms with van der Waals surface area (Å²) in [6.07, 6.45) is 6.78. The van der Waals surface area contributed by atoms with E-state index in [1.54, 1.807) is 0 Å². The summed E-state index contributed by atoms with van der Waals surface area (Å²) in [6.45, 7) is 2.32. The Morgan fingerprint density at radius 3 is 2.76 bits per heavy atom. The third-order valence-corrected chi connectivity index (χ3v) is 6.66. The fraction of sp³-hybridized carbons (Fsp3) is 0.667. The molecule has 0 heterocycles. The second-order valence-corrected chi connectivity index (χ2v) is 7.44. The van der Waals surface area contributed by atoms with Crippen molar-refractivity contribution < 1.29 is 10.2 Å². The molecule has 0 amide bonds. The van der Waals surface area contributed by atoms with E-state index in [2.05, 4.69) is 13.0 Å². The summed E-state index contributed by atoms with van der Waals surface area (Å²) in [5.74, 6) is 2.49. The van der Waals surface area contributed by atoms with Crippen LogP contribution in [-0.2, 0) is 6.42 Å². The summed E-state index contributed by atoms with van der Waals surface area (Å²) < 4.78 is 0. The van der Waals surface area contributed by atoms with E-state index in [0.717, 1.165) is 25.2 Å². The van der Waals surface area contributed by atoms with Crippen LogP contribution in [0, 0.1) is 17.3 Å².